The summed E-state index contributed by atoms with van der Waals surface area (Å²) in [5.41, 5.74) is 1.77. The molecule has 120 valence electrons. The molecule has 23 heavy (non-hydrogen) atoms. The summed E-state index contributed by atoms with van der Waals surface area (Å²) in [6.07, 6.45) is 0.293. The fourth-order valence-corrected chi connectivity index (χ4v) is 3.71. The van der Waals surface area contributed by atoms with Crippen molar-refractivity contribution in [2.75, 3.05) is 6.61 Å². The van der Waals surface area contributed by atoms with Gasteiger partial charge in [0.05, 0.1) is 17.4 Å². The number of nitrogens with zero attached hydrogens (tertiary/aromatic N) is 1. The Balaban J connectivity index is 2.16. The van der Waals surface area contributed by atoms with E-state index in [0.29, 0.717) is 17.5 Å². The number of aliphatic hydroxyl groups is 1. The summed E-state index contributed by atoms with van der Waals surface area (Å²) >= 11 is 0. The Morgan fingerprint density at radius 3 is 2.52 bits per heavy atom. The third kappa shape index (κ3) is 5.18. The molecule has 0 fully saturated rings. The number of aliphatic hydroxyl groups excluding tert-OH is 1. The number of rotatable bonds is 7. The van der Waals surface area contributed by atoms with Crippen LogP contribution in [0.5, 0.6) is 0 Å². The normalized spacial score (nSPS) is 12.5. The van der Waals surface area contributed by atoms with E-state index >= 15 is 0 Å². The lowest BCUT2D eigenvalue weighted by Crippen LogP contribution is -2.30. The average molecular weight is 330 g/mol. The molecule has 2 N–H and O–H groups in total. The molecule has 1 atom stereocenters. The van der Waals surface area contributed by atoms with Gasteiger partial charge in [-0.15, -0.1) is 0 Å². The van der Waals surface area contributed by atoms with Crippen LogP contribution in [0.2, 0.25) is 0 Å². The lowest BCUT2D eigenvalue weighted by molar-refractivity contribution is 0.272. The molecular formula is C17H18N2O3S. The van der Waals surface area contributed by atoms with Crippen LogP contribution in [-0.4, -0.2) is 20.1 Å². The number of nitrogens with one attached hydrogen (secondary N) is 1. The molecule has 2 aromatic rings. The van der Waals surface area contributed by atoms with Gasteiger partial charge in [0.2, 0.25) is 10.0 Å². The summed E-state index contributed by atoms with van der Waals surface area (Å²) in [6.45, 7) is -0.119. The quantitative estimate of drug-likeness (QED) is 0.813. The molecule has 2 rings (SSSR count). The third-order valence-electron chi connectivity index (χ3n) is 3.35. The first kappa shape index (κ1) is 17.2. The van der Waals surface area contributed by atoms with Crippen molar-refractivity contribution in [2.45, 2.75) is 18.2 Å². The third-order valence-corrected chi connectivity index (χ3v) is 4.71. The summed E-state index contributed by atoms with van der Waals surface area (Å²) in [5.74, 6) is -0.211. The highest BCUT2D eigenvalue weighted by molar-refractivity contribution is 7.88. The smallest absolute Gasteiger partial charge is 0.216 e. The maximum atomic E-state index is 12.4. The number of nitriles is 1. The van der Waals surface area contributed by atoms with Crippen LogP contribution in [0.4, 0.5) is 0 Å². The van der Waals surface area contributed by atoms with Crippen LogP contribution < -0.4 is 4.72 Å². The van der Waals surface area contributed by atoms with Gasteiger partial charge in [0, 0.05) is 12.6 Å². The minimum absolute atomic E-state index is 0.119. The van der Waals surface area contributed by atoms with Gasteiger partial charge < -0.3 is 5.11 Å². The second-order valence-corrected chi connectivity index (χ2v) is 6.92. The van der Waals surface area contributed by atoms with Crippen molar-refractivity contribution in [3.05, 3.63) is 71.3 Å². The second-order valence-electron chi connectivity index (χ2n) is 5.16. The summed E-state index contributed by atoms with van der Waals surface area (Å²) in [4.78, 5) is 0. The molecule has 6 heteroatoms. The Labute approximate surface area is 136 Å². The Morgan fingerprint density at radius 2 is 1.87 bits per heavy atom. The highest BCUT2D eigenvalue weighted by atomic mass is 32.2. The molecule has 0 bridgehead atoms. The number of hydrogen-bond donors (Lipinski definition) is 2. The van der Waals surface area contributed by atoms with Crippen LogP contribution in [0.3, 0.4) is 0 Å². The molecule has 0 aromatic heterocycles. The minimum atomic E-state index is -3.60. The number of benzene rings is 2. The van der Waals surface area contributed by atoms with Gasteiger partial charge in [-0.3, -0.25) is 0 Å². The van der Waals surface area contributed by atoms with Gasteiger partial charge in [-0.05, 0) is 29.7 Å². The van der Waals surface area contributed by atoms with Crippen molar-refractivity contribution < 1.29 is 13.5 Å². The molecule has 0 saturated heterocycles. The summed E-state index contributed by atoms with van der Waals surface area (Å²) < 4.78 is 27.4. The molecule has 0 amide bonds. The van der Waals surface area contributed by atoms with Crippen LogP contribution in [0.15, 0.2) is 54.6 Å². The Bertz CT molecular complexity index is 783. The number of hydrogen-bond acceptors (Lipinski definition) is 4. The lowest BCUT2D eigenvalue weighted by Gasteiger charge is -2.18. The molecule has 0 aliphatic carbocycles. The van der Waals surface area contributed by atoms with E-state index in [0.717, 1.165) is 5.56 Å². The molecule has 0 aliphatic rings. The predicted molar refractivity (Wildman–Crippen MR) is 87.8 cm³/mol. The van der Waals surface area contributed by atoms with E-state index in [1.807, 2.05) is 36.4 Å². The van der Waals surface area contributed by atoms with Gasteiger partial charge in [0.25, 0.3) is 0 Å². The molecule has 0 saturated carbocycles. The minimum Gasteiger partial charge on any atom is -0.396 e. The van der Waals surface area contributed by atoms with Gasteiger partial charge in [-0.25, -0.2) is 13.1 Å². The van der Waals surface area contributed by atoms with Gasteiger partial charge in [-0.1, -0.05) is 42.5 Å². The standard InChI is InChI=1S/C17H18N2O3S/c18-12-14-5-4-6-15(11-14)13-23(21,22)19-17(9-10-20)16-7-2-1-3-8-16/h1-8,11,17,19-20H,9-10,13H2/t17-/m1/s1. The van der Waals surface area contributed by atoms with E-state index in [1.54, 1.807) is 24.3 Å². The molecule has 0 unspecified atom stereocenters. The zero-order chi connectivity index (χ0) is 16.7. The van der Waals surface area contributed by atoms with E-state index in [4.69, 9.17) is 5.26 Å². The van der Waals surface area contributed by atoms with Gasteiger partial charge in [0.1, 0.15) is 0 Å². The molecule has 2 aromatic carbocycles. The van der Waals surface area contributed by atoms with Crippen LogP contribution in [0, 0.1) is 11.3 Å². The zero-order valence-electron chi connectivity index (χ0n) is 12.5. The summed E-state index contributed by atoms with van der Waals surface area (Å²) in [5, 5.41) is 18.1. The van der Waals surface area contributed by atoms with Crippen LogP contribution in [0.25, 0.3) is 0 Å². The highest BCUT2D eigenvalue weighted by Crippen LogP contribution is 2.18. The van der Waals surface area contributed by atoms with E-state index in [-0.39, 0.29) is 12.4 Å². The van der Waals surface area contributed by atoms with Crippen molar-refractivity contribution in [3.63, 3.8) is 0 Å². The van der Waals surface area contributed by atoms with Crippen molar-refractivity contribution in [2.24, 2.45) is 0 Å². The fourth-order valence-electron chi connectivity index (χ4n) is 2.32. The van der Waals surface area contributed by atoms with E-state index < -0.39 is 16.1 Å². The maximum absolute atomic E-state index is 12.4. The first-order valence-electron chi connectivity index (χ1n) is 7.19. The SMILES string of the molecule is N#Cc1cccc(CS(=O)(=O)N[C@H](CCO)c2ccccc2)c1. The van der Waals surface area contributed by atoms with Crippen LogP contribution in [-0.2, 0) is 15.8 Å². The van der Waals surface area contributed by atoms with Gasteiger partial charge in [-0.2, -0.15) is 5.26 Å². The Hall–Kier alpha value is -2.20. The Kier molecular flexibility index (Phi) is 5.88. The largest absolute Gasteiger partial charge is 0.396 e. The molecule has 5 nitrogen and oxygen atoms in total. The molecule has 0 heterocycles. The molecular weight excluding hydrogens is 312 g/mol. The van der Waals surface area contributed by atoms with Crippen molar-refractivity contribution in [1.29, 1.82) is 5.26 Å². The van der Waals surface area contributed by atoms with E-state index in [1.165, 1.54) is 0 Å². The van der Waals surface area contributed by atoms with Crippen molar-refractivity contribution in [1.82, 2.24) is 4.72 Å². The van der Waals surface area contributed by atoms with Crippen molar-refractivity contribution in [3.8, 4) is 6.07 Å². The maximum Gasteiger partial charge on any atom is 0.216 e. The van der Waals surface area contributed by atoms with Gasteiger partial charge >= 0.3 is 0 Å². The van der Waals surface area contributed by atoms with E-state index in [2.05, 4.69) is 4.72 Å². The van der Waals surface area contributed by atoms with Crippen molar-refractivity contribution >= 4 is 10.0 Å². The highest BCUT2D eigenvalue weighted by Gasteiger charge is 2.19. The van der Waals surface area contributed by atoms with E-state index in [9.17, 15) is 13.5 Å². The lowest BCUT2D eigenvalue weighted by atomic mass is 10.1. The number of sulfonamides is 1. The first-order valence-corrected chi connectivity index (χ1v) is 8.84. The molecule has 0 aliphatic heterocycles. The van der Waals surface area contributed by atoms with Crippen LogP contribution in [0.1, 0.15) is 29.2 Å². The molecule has 0 radical (unpaired) electrons. The monoisotopic (exact) mass is 330 g/mol. The fraction of sp³-hybridized carbons (Fsp3) is 0.235. The summed E-state index contributed by atoms with van der Waals surface area (Å²) in [6, 6.07) is 17.2. The van der Waals surface area contributed by atoms with Gasteiger partial charge in [0.15, 0.2) is 0 Å². The topological polar surface area (TPSA) is 90.2 Å². The Morgan fingerprint density at radius 1 is 1.13 bits per heavy atom. The zero-order valence-corrected chi connectivity index (χ0v) is 13.3. The predicted octanol–water partition coefficient (Wildman–Crippen LogP) is 2.10. The summed E-state index contributed by atoms with van der Waals surface area (Å²) in [7, 11) is -3.60. The van der Waals surface area contributed by atoms with Crippen LogP contribution >= 0.6 is 0 Å². The average Bonchev–Trinajstić information content (AvgIpc) is 2.55. The molecule has 0 spiro atoms. The first-order chi connectivity index (χ1) is 11.0. The second kappa shape index (κ2) is 7.88.